The lowest BCUT2D eigenvalue weighted by atomic mass is 9.85. The van der Waals surface area contributed by atoms with E-state index in [4.69, 9.17) is 0 Å². The summed E-state index contributed by atoms with van der Waals surface area (Å²) in [5.74, 6) is 0. The van der Waals surface area contributed by atoms with Gasteiger partial charge in [0.1, 0.15) is 0 Å². The van der Waals surface area contributed by atoms with Crippen LogP contribution >= 0.6 is 0 Å². The van der Waals surface area contributed by atoms with Crippen LogP contribution in [0.4, 0.5) is 0 Å². The molecule has 1 aromatic heterocycles. The van der Waals surface area contributed by atoms with E-state index in [1.54, 1.807) is 16.9 Å². The quantitative estimate of drug-likeness (QED) is 0.914. The van der Waals surface area contributed by atoms with Crippen LogP contribution in [0.5, 0.6) is 0 Å². The fourth-order valence-corrected chi connectivity index (χ4v) is 3.71. The fraction of sp³-hybridized carbons (Fsp3) is 0.471. The molecule has 0 bridgehead atoms. The van der Waals surface area contributed by atoms with Crippen LogP contribution in [-0.4, -0.2) is 24.7 Å². The molecule has 0 aliphatic rings. The van der Waals surface area contributed by atoms with Crippen LogP contribution in [0.2, 0.25) is 0 Å². The topological polar surface area (TPSA) is 64.0 Å². The van der Waals surface area contributed by atoms with Crippen molar-refractivity contribution in [2.75, 3.05) is 6.54 Å². The van der Waals surface area contributed by atoms with Gasteiger partial charge in [0.2, 0.25) is 10.0 Å². The third-order valence-corrected chi connectivity index (χ3v) is 5.55. The zero-order valence-corrected chi connectivity index (χ0v) is 15.2. The van der Waals surface area contributed by atoms with E-state index in [1.165, 1.54) is 0 Å². The number of rotatable bonds is 5. The maximum Gasteiger partial charge on any atom is 0.240 e. The van der Waals surface area contributed by atoms with Crippen molar-refractivity contribution in [3.63, 3.8) is 0 Å². The number of benzene rings is 1. The first-order valence-corrected chi connectivity index (χ1v) is 9.18. The monoisotopic (exact) mass is 335 g/mol. The zero-order chi connectivity index (χ0) is 17.3. The number of hydrogen-bond acceptors (Lipinski definition) is 3. The Balaban J connectivity index is 2.26. The third kappa shape index (κ3) is 4.20. The lowest BCUT2D eigenvalue weighted by Crippen LogP contribution is -2.28. The van der Waals surface area contributed by atoms with E-state index in [2.05, 4.69) is 36.7 Å². The molecule has 0 aliphatic heterocycles. The molecule has 1 N–H and O–H groups in total. The summed E-state index contributed by atoms with van der Waals surface area (Å²) >= 11 is 0. The Kier molecular flexibility index (Phi) is 4.96. The molecule has 6 heteroatoms. The van der Waals surface area contributed by atoms with Gasteiger partial charge in [0, 0.05) is 18.9 Å². The lowest BCUT2D eigenvalue weighted by molar-refractivity contribution is 0.558. The van der Waals surface area contributed by atoms with Crippen molar-refractivity contribution in [2.24, 2.45) is 0 Å². The van der Waals surface area contributed by atoms with Gasteiger partial charge < -0.3 is 0 Å². The summed E-state index contributed by atoms with van der Waals surface area (Å²) in [4.78, 5) is 0.364. The van der Waals surface area contributed by atoms with Gasteiger partial charge in [-0.25, -0.2) is 13.1 Å². The summed E-state index contributed by atoms with van der Waals surface area (Å²) in [7, 11) is -3.54. The van der Waals surface area contributed by atoms with E-state index in [9.17, 15) is 8.42 Å². The summed E-state index contributed by atoms with van der Waals surface area (Å²) in [5, 5.41) is 4.07. The highest BCUT2D eigenvalue weighted by atomic mass is 32.2. The van der Waals surface area contributed by atoms with Crippen LogP contribution < -0.4 is 4.72 Å². The number of nitrogens with one attached hydrogen (secondary N) is 1. The predicted molar refractivity (Wildman–Crippen MR) is 92.0 cm³/mol. The van der Waals surface area contributed by atoms with Crippen molar-refractivity contribution in [1.82, 2.24) is 14.5 Å². The summed E-state index contributed by atoms with van der Waals surface area (Å²) in [5.41, 5.74) is 2.71. The number of nitrogens with zero attached hydrogens (tertiary/aromatic N) is 2. The first-order valence-electron chi connectivity index (χ1n) is 7.70. The molecule has 0 saturated carbocycles. The average molecular weight is 335 g/mol. The van der Waals surface area contributed by atoms with Crippen LogP contribution in [0, 0.1) is 13.8 Å². The van der Waals surface area contributed by atoms with Gasteiger partial charge in [-0.1, -0.05) is 26.8 Å². The van der Waals surface area contributed by atoms with Crippen molar-refractivity contribution >= 4 is 10.0 Å². The first kappa shape index (κ1) is 17.7. The van der Waals surface area contributed by atoms with Crippen LogP contribution in [0.25, 0.3) is 0 Å². The highest BCUT2D eigenvalue weighted by Gasteiger charge is 2.22. The smallest absolute Gasteiger partial charge is 0.240 e. The van der Waals surface area contributed by atoms with Crippen LogP contribution in [0.1, 0.15) is 37.5 Å². The van der Waals surface area contributed by atoms with Gasteiger partial charge in [-0.3, -0.25) is 4.68 Å². The molecule has 0 atom stereocenters. The second-order valence-corrected chi connectivity index (χ2v) is 8.57. The molecule has 126 valence electrons. The molecule has 0 fully saturated rings. The predicted octanol–water partition coefficient (Wildman–Crippen LogP) is 2.78. The van der Waals surface area contributed by atoms with Crippen molar-refractivity contribution in [2.45, 2.75) is 51.5 Å². The zero-order valence-electron chi connectivity index (χ0n) is 14.4. The minimum Gasteiger partial charge on any atom is -0.271 e. The molecular weight excluding hydrogens is 310 g/mol. The van der Waals surface area contributed by atoms with E-state index in [1.807, 2.05) is 26.1 Å². The summed E-state index contributed by atoms with van der Waals surface area (Å²) in [6.07, 6.45) is 3.48. The highest BCUT2D eigenvalue weighted by Crippen LogP contribution is 2.28. The van der Waals surface area contributed by atoms with E-state index in [0.29, 0.717) is 18.0 Å². The van der Waals surface area contributed by atoms with Crippen molar-refractivity contribution in [3.8, 4) is 0 Å². The van der Waals surface area contributed by atoms with Gasteiger partial charge >= 0.3 is 0 Å². The Labute approximate surface area is 138 Å². The molecule has 23 heavy (non-hydrogen) atoms. The molecule has 1 heterocycles. The summed E-state index contributed by atoms with van der Waals surface area (Å²) in [6.45, 7) is 10.9. The minimum atomic E-state index is -3.54. The third-order valence-electron chi connectivity index (χ3n) is 3.97. The van der Waals surface area contributed by atoms with E-state index in [-0.39, 0.29) is 5.41 Å². The second-order valence-electron chi connectivity index (χ2n) is 6.83. The number of sulfonamides is 1. The number of aromatic nitrogens is 2. The van der Waals surface area contributed by atoms with Crippen molar-refractivity contribution in [1.29, 1.82) is 0 Å². The fourth-order valence-electron chi connectivity index (χ4n) is 2.34. The maximum atomic E-state index is 12.7. The Morgan fingerprint density at radius 3 is 2.48 bits per heavy atom. The largest absolute Gasteiger partial charge is 0.271 e. The molecule has 0 spiro atoms. The molecule has 0 amide bonds. The Morgan fingerprint density at radius 1 is 1.22 bits per heavy atom. The molecule has 2 rings (SSSR count). The van der Waals surface area contributed by atoms with Gasteiger partial charge in [0.25, 0.3) is 0 Å². The summed E-state index contributed by atoms with van der Waals surface area (Å²) in [6, 6.07) is 5.67. The highest BCUT2D eigenvalue weighted by molar-refractivity contribution is 7.89. The molecule has 0 saturated heterocycles. The number of hydrogen-bond donors (Lipinski definition) is 1. The Bertz CT molecular complexity index is 773. The molecular formula is C17H25N3O2S. The van der Waals surface area contributed by atoms with Gasteiger partial charge in [0.15, 0.2) is 0 Å². The Morgan fingerprint density at radius 2 is 1.91 bits per heavy atom. The SMILES string of the molecule is Cc1cc(C(C)(C)C)cc(S(=O)(=O)NCCn2cccn2)c1C. The summed E-state index contributed by atoms with van der Waals surface area (Å²) < 4.78 is 29.7. The maximum absolute atomic E-state index is 12.7. The van der Waals surface area contributed by atoms with E-state index in [0.717, 1.165) is 16.7 Å². The molecule has 2 aromatic rings. The van der Waals surface area contributed by atoms with Crippen molar-refractivity contribution in [3.05, 3.63) is 47.3 Å². The van der Waals surface area contributed by atoms with Gasteiger partial charge in [0.05, 0.1) is 11.4 Å². The van der Waals surface area contributed by atoms with E-state index >= 15 is 0 Å². The van der Waals surface area contributed by atoms with Crippen LogP contribution in [0.15, 0.2) is 35.5 Å². The average Bonchev–Trinajstić information content (AvgIpc) is 2.93. The van der Waals surface area contributed by atoms with Crippen LogP contribution in [-0.2, 0) is 22.0 Å². The molecule has 0 radical (unpaired) electrons. The molecule has 5 nitrogen and oxygen atoms in total. The first-order chi connectivity index (χ1) is 10.6. The van der Waals surface area contributed by atoms with Gasteiger partial charge in [-0.2, -0.15) is 5.10 Å². The molecule has 1 aromatic carbocycles. The van der Waals surface area contributed by atoms with Gasteiger partial charge in [-0.05, 0) is 48.1 Å². The normalized spacial score (nSPS) is 12.6. The standard InChI is InChI=1S/C17H25N3O2S/c1-13-11-15(17(3,4)5)12-16(14(13)2)23(21,22)19-8-10-20-9-6-7-18-20/h6-7,9,11-12,19H,8,10H2,1-5H3. The second kappa shape index (κ2) is 6.45. The molecule has 0 unspecified atom stereocenters. The van der Waals surface area contributed by atoms with E-state index < -0.39 is 10.0 Å². The molecule has 0 aliphatic carbocycles. The van der Waals surface area contributed by atoms with Gasteiger partial charge in [-0.15, -0.1) is 0 Å². The number of aryl methyl sites for hydroxylation is 1. The lowest BCUT2D eigenvalue weighted by Gasteiger charge is -2.22. The van der Waals surface area contributed by atoms with Crippen LogP contribution in [0.3, 0.4) is 0 Å². The Hall–Kier alpha value is -1.66. The van der Waals surface area contributed by atoms with Crippen molar-refractivity contribution < 1.29 is 8.42 Å². The minimum absolute atomic E-state index is 0.0994.